The van der Waals surface area contributed by atoms with Gasteiger partial charge in [0.05, 0.1) is 5.75 Å². The molecule has 1 fully saturated rings. The van der Waals surface area contributed by atoms with Crippen molar-refractivity contribution in [3.63, 3.8) is 0 Å². The maximum atomic E-state index is 11.7. The minimum absolute atomic E-state index is 0.191. The monoisotopic (exact) mass is 296 g/mol. The summed E-state index contributed by atoms with van der Waals surface area (Å²) in [5.41, 5.74) is 0. The molecule has 0 aliphatic carbocycles. The first-order valence-corrected chi connectivity index (χ1v) is 9.70. The van der Waals surface area contributed by atoms with E-state index in [2.05, 4.69) is 10.0 Å². The van der Waals surface area contributed by atoms with Gasteiger partial charge in [0.1, 0.15) is 0 Å². The molecule has 0 bridgehead atoms. The van der Waals surface area contributed by atoms with Gasteiger partial charge in [0.2, 0.25) is 10.0 Å². The number of hydrogen-bond acceptors (Lipinski definition) is 4. The lowest BCUT2D eigenvalue weighted by Gasteiger charge is -2.22. The fourth-order valence-corrected chi connectivity index (χ4v) is 3.97. The summed E-state index contributed by atoms with van der Waals surface area (Å²) in [5, 5.41) is 3.27. The summed E-state index contributed by atoms with van der Waals surface area (Å²) in [7, 11) is -4.09. The molecule has 1 aliphatic rings. The van der Waals surface area contributed by atoms with Crippen LogP contribution in [0, 0.1) is 5.92 Å². The first kappa shape index (κ1) is 16.1. The predicted molar refractivity (Wildman–Crippen MR) is 75.6 cm³/mol. The highest BCUT2D eigenvalue weighted by molar-refractivity contribution is 7.89. The molecule has 0 spiro atoms. The van der Waals surface area contributed by atoms with Crippen molar-refractivity contribution in [2.45, 2.75) is 26.2 Å². The molecule has 5 nitrogen and oxygen atoms in total. The van der Waals surface area contributed by atoms with E-state index in [1.54, 1.807) is 0 Å². The van der Waals surface area contributed by atoms with E-state index in [1.165, 1.54) is 0 Å². The molecule has 0 saturated carbocycles. The van der Waals surface area contributed by atoms with Crippen molar-refractivity contribution < 1.29 is 12.6 Å². The summed E-state index contributed by atoms with van der Waals surface area (Å²) >= 11 is 0. The van der Waals surface area contributed by atoms with Crippen molar-refractivity contribution in [1.29, 1.82) is 0 Å². The first-order chi connectivity index (χ1) is 8.53. The second kappa shape index (κ2) is 8.24. The number of nitrogens with one attached hydrogen (secondary N) is 2. The molecular weight excluding hydrogens is 272 g/mol. The second-order valence-electron chi connectivity index (χ2n) is 4.63. The molecule has 1 saturated heterocycles. The summed E-state index contributed by atoms with van der Waals surface area (Å²) in [6, 6.07) is 0. The fourth-order valence-electron chi connectivity index (χ4n) is 2.02. The Labute approximate surface area is 113 Å². The SMILES string of the molecule is CCS(=O)CCNS(=O)(=O)CCC1CCNCC1. The lowest BCUT2D eigenvalue weighted by Crippen LogP contribution is -2.33. The number of piperidine rings is 1. The van der Waals surface area contributed by atoms with Crippen LogP contribution in [-0.4, -0.2) is 49.5 Å². The van der Waals surface area contributed by atoms with Crippen LogP contribution in [0.2, 0.25) is 0 Å². The number of rotatable bonds is 8. The molecule has 7 heteroatoms. The maximum Gasteiger partial charge on any atom is 0.211 e. The molecular formula is C11H24N2O3S2. The predicted octanol–water partition coefficient (Wildman–Crippen LogP) is 0.0641. The third-order valence-corrected chi connectivity index (χ3v) is 5.95. The first-order valence-electron chi connectivity index (χ1n) is 6.56. The molecule has 0 amide bonds. The van der Waals surface area contributed by atoms with Gasteiger partial charge in [-0.2, -0.15) is 0 Å². The lowest BCUT2D eigenvalue weighted by molar-refractivity contribution is 0.365. The third kappa shape index (κ3) is 6.82. The lowest BCUT2D eigenvalue weighted by atomic mass is 9.96. The smallest absolute Gasteiger partial charge is 0.211 e. The standard InChI is InChI=1S/C11H24N2O3S2/c1-2-17(14)9-8-13-18(15,16)10-5-11-3-6-12-7-4-11/h11-13H,2-10H2,1H3. The molecule has 1 unspecified atom stereocenters. The zero-order valence-corrected chi connectivity index (χ0v) is 12.6. The van der Waals surface area contributed by atoms with E-state index < -0.39 is 20.8 Å². The van der Waals surface area contributed by atoms with Gasteiger partial charge in [-0.15, -0.1) is 0 Å². The molecule has 0 aromatic rings. The highest BCUT2D eigenvalue weighted by atomic mass is 32.2. The van der Waals surface area contributed by atoms with Crippen molar-refractivity contribution in [1.82, 2.24) is 10.0 Å². The van der Waals surface area contributed by atoms with Crippen LogP contribution in [0.1, 0.15) is 26.2 Å². The van der Waals surface area contributed by atoms with Crippen LogP contribution in [0.25, 0.3) is 0 Å². The van der Waals surface area contributed by atoms with E-state index in [4.69, 9.17) is 0 Å². The zero-order valence-electron chi connectivity index (χ0n) is 11.0. The summed E-state index contributed by atoms with van der Waals surface area (Å²) in [6.07, 6.45) is 2.86. The van der Waals surface area contributed by atoms with Crippen LogP contribution in [0.15, 0.2) is 0 Å². The van der Waals surface area contributed by atoms with Gasteiger partial charge in [-0.25, -0.2) is 13.1 Å². The van der Waals surface area contributed by atoms with Gasteiger partial charge >= 0.3 is 0 Å². The van der Waals surface area contributed by atoms with E-state index in [0.29, 0.717) is 17.4 Å². The van der Waals surface area contributed by atoms with Crippen LogP contribution >= 0.6 is 0 Å². The Bertz CT molecular complexity index is 351. The van der Waals surface area contributed by atoms with Crippen LogP contribution in [0.4, 0.5) is 0 Å². The van der Waals surface area contributed by atoms with Gasteiger partial charge in [0, 0.05) is 28.9 Å². The average Bonchev–Trinajstić information content (AvgIpc) is 2.37. The number of sulfonamides is 1. The molecule has 1 atom stereocenters. The normalized spacial score (nSPS) is 19.8. The van der Waals surface area contributed by atoms with Gasteiger partial charge in [-0.05, 0) is 38.3 Å². The highest BCUT2D eigenvalue weighted by Gasteiger charge is 2.17. The van der Waals surface area contributed by atoms with Crippen LogP contribution in [0.5, 0.6) is 0 Å². The van der Waals surface area contributed by atoms with Crippen molar-refractivity contribution in [2.75, 3.05) is 36.9 Å². The molecule has 108 valence electrons. The van der Waals surface area contributed by atoms with Gasteiger partial charge in [0.25, 0.3) is 0 Å². The zero-order chi connectivity index (χ0) is 13.4. The molecule has 1 aliphatic heterocycles. The largest absolute Gasteiger partial charge is 0.317 e. The number of hydrogen-bond donors (Lipinski definition) is 2. The molecule has 1 rings (SSSR count). The topological polar surface area (TPSA) is 75.3 Å². The Kier molecular flexibility index (Phi) is 7.36. The van der Waals surface area contributed by atoms with E-state index in [0.717, 1.165) is 32.4 Å². The molecule has 0 aromatic carbocycles. The van der Waals surface area contributed by atoms with Gasteiger partial charge in [-0.3, -0.25) is 4.21 Å². The summed E-state index contributed by atoms with van der Waals surface area (Å²) in [4.78, 5) is 0. The Morgan fingerprint density at radius 3 is 2.61 bits per heavy atom. The molecule has 0 aromatic heterocycles. The minimum atomic E-state index is -3.19. The van der Waals surface area contributed by atoms with E-state index >= 15 is 0 Å². The average molecular weight is 296 g/mol. The van der Waals surface area contributed by atoms with Crippen molar-refractivity contribution in [3.05, 3.63) is 0 Å². The van der Waals surface area contributed by atoms with Crippen LogP contribution in [0.3, 0.4) is 0 Å². The molecule has 18 heavy (non-hydrogen) atoms. The van der Waals surface area contributed by atoms with E-state index in [-0.39, 0.29) is 12.3 Å². The van der Waals surface area contributed by atoms with Crippen molar-refractivity contribution in [2.24, 2.45) is 5.92 Å². The van der Waals surface area contributed by atoms with Gasteiger partial charge in [-0.1, -0.05) is 6.92 Å². The Balaban J connectivity index is 2.20. The third-order valence-electron chi connectivity index (χ3n) is 3.23. The molecule has 0 radical (unpaired) electrons. The maximum absolute atomic E-state index is 11.7. The summed E-state index contributed by atoms with van der Waals surface area (Å²) < 4.78 is 37.1. The second-order valence-corrected chi connectivity index (χ2v) is 8.42. The Morgan fingerprint density at radius 2 is 2.00 bits per heavy atom. The summed E-state index contributed by atoms with van der Waals surface area (Å²) in [5.74, 6) is 1.70. The van der Waals surface area contributed by atoms with Crippen LogP contribution < -0.4 is 10.0 Å². The van der Waals surface area contributed by atoms with Crippen molar-refractivity contribution >= 4 is 20.8 Å². The van der Waals surface area contributed by atoms with Gasteiger partial charge in [0.15, 0.2) is 0 Å². The fraction of sp³-hybridized carbons (Fsp3) is 1.00. The minimum Gasteiger partial charge on any atom is -0.317 e. The van der Waals surface area contributed by atoms with Crippen molar-refractivity contribution in [3.8, 4) is 0 Å². The highest BCUT2D eigenvalue weighted by Crippen LogP contribution is 2.16. The molecule has 2 N–H and O–H groups in total. The van der Waals surface area contributed by atoms with E-state index in [9.17, 15) is 12.6 Å². The Morgan fingerprint density at radius 1 is 1.33 bits per heavy atom. The quantitative estimate of drug-likeness (QED) is 0.664. The van der Waals surface area contributed by atoms with Crippen LogP contribution in [-0.2, 0) is 20.8 Å². The summed E-state index contributed by atoms with van der Waals surface area (Å²) in [6.45, 7) is 4.11. The molecule has 1 heterocycles. The van der Waals surface area contributed by atoms with E-state index in [1.807, 2.05) is 6.92 Å². The Hall–Kier alpha value is 0.0200. The van der Waals surface area contributed by atoms with Gasteiger partial charge < -0.3 is 5.32 Å².